The number of aliphatic hydroxyl groups excluding tert-OH is 1. The molecule has 0 unspecified atom stereocenters. The van der Waals surface area contributed by atoms with E-state index in [2.05, 4.69) is 15.0 Å². The number of aromatic nitrogens is 3. The molecule has 0 bridgehead atoms. The number of carbonyl (C=O) groups excluding carboxylic acids is 1. The number of aromatic amines is 1. The Morgan fingerprint density at radius 1 is 1.17 bits per heavy atom. The number of nitrogens with one attached hydrogen (secondary N) is 1. The monoisotopic (exact) mass is 492 g/mol. The smallest absolute Gasteiger partial charge is 0.225 e. The maximum Gasteiger partial charge on any atom is 0.225 e. The van der Waals surface area contributed by atoms with Crippen molar-refractivity contribution in [1.29, 1.82) is 0 Å². The lowest BCUT2D eigenvalue weighted by Crippen LogP contribution is -2.25. The maximum absolute atomic E-state index is 12.3. The van der Waals surface area contributed by atoms with Crippen molar-refractivity contribution in [3.8, 4) is 23.0 Å². The molecule has 1 saturated heterocycles. The number of pyridine rings is 1. The summed E-state index contributed by atoms with van der Waals surface area (Å²) < 4.78 is 30.4. The first-order valence-corrected chi connectivity index (χ1v) is 12.9. The van der Waals surface area contributed by atoms with Crippen molar-refractivity contribution in [2.45, 2.75) is 30.9 Å². The van der Waals surface area contributed by atoms with E-state index < -0.39 is 15.9 Å². The molecule has 3 heterocycles. The van der Waals surface area contributed by atoms with Gasteiger partial charge in [0.1, 0.15) is 17.2 Å². The van der Waals surface area contributed by atoms with Crippen LogP contribution < -0.4 is 4.74 Å². The Kier molecular flexibility index (Phi) is 6.00. The number of likely N-dealkylation sites (tertiary alicyclic amines) is 1. The molecule has 1 fully saturated rings. The standard InChI is InChI=1S/C25H24N4O5S/c1-2-35(32,33)19-8-6-18(7-9-19)34-23-13-22-21(27-25(28-22)20-5-3-4-10-26-20)11-16(23)14-29-15-17(30)12-24(29)31/h3-11,13,17,30H,2,12,14-15H2,1H3,(H,27,28)/t17-/m0/s1. The molecule has 0 spiro atoms. The molecule has 9 nitrogen and oxygen atoms in total. The third-order valence-electron chi connectivity index (χ3n) is 5.92. The molecule has 5 rings (SSSR count). The number of hydrogen-bond donors (Lipinski definition) is 2. The lowest BCUT2D eigenvalue weighted by atomic mass is 10.1. The van der Waals surface area contributed by atoms with Gasteiger partial charge in [-0.25, -0.2) is 13.4 Å². The normalized spacial score (nSPS) is 16.2. The van der Waals surface area contributed by atoms with Gasteiger partial charge in [0, 0.05) is 30.9 Å². The van der Waals surface area contributed by atoms with Gasteiger partial charge in [0.15, 0.2) is 15.7 Å². The molecule has 35 heavy (non-hydrogen) atoms. The van der Waals surface area contributed by atoms with Crippen LogP contribution in [0, 0.1) is 0 Å². The second-order valence-electron chi connectivity index (χ2n) is 8.39. The maximum atomic E-state index is 12.3. The molecule has 0 aliphatic carbocycles. The number of H-pyrrole nitrogens is 1. The number of aliphatic hydroxyl groups is 1. The Bertz CT molecular complexity index is 1480. The molecule has 2 aromatic carbocycles. The Balaban J connectivity index is 1.52. The zero-order chi connectivity index (χ0) is 24.6. The van der Waals surface area contributed by atoms with Gasteiger partial charge in [-0.3, -0.25) is 9.78 Å². The number of sulfone groups is 1. The molecular formula is C25H24N4O5S. The fourth-order valence-corrected chi connectivity index (χ4v) is 4.93. The van der Waals surface area contributed by atoms with Gasteiger partial charge in [-0.1, -0.05) is 13.0 Å². The zero-order valence-electron chi connectivity index (χ0n) is 19.0. The molecule has 1 atom stereocenters. The Morgan fingerprint density at radius 2 is 1.97 bits per heavy atom. The van der Waals surface area contributed by atoms with Crippen molar-refractivity contribution in [3.63, 3.8) is 0 Å². The van der Waals surface area contributed by atoms with E-state index in [0.29, 0.717) is 28.5 Å². The Labute approximate surface area is 202 Å². The fourth-order valence-electron chi connectivity index (χ4n) is 4.04. The number of ether oxygens (including phenoxy) is 1. The van der Waals surface area contributed by atoms with Crippen LogP contribution in [0.3, 0.4) is 0 Å². The van der Waals surface area contributed by atoms with Crippen LogP contribution >= 0.6 is 0 Å². The van der Waals surface area contributed by atoms with Gasteiger partial charge in [-0.2, -0.15) is 0 Å². The number of carbonyl (C=O) groups is 1. The number of hydrogen-bond acceptors (Lipinski definition) is 7. The van der Waals surface area contributed by atoms with Gasteiger partial charge in [-0.15, -0.1) is 0 Å². The number of amides is 1. The number of benzene rings is 2. The number of β-amino-alcohol motifs (C(OH)–C–C–N with tert-alkyl or cyclic N) is 1. The summed E-state index contributed by atoms with van der Waals surface area (Å²) in [4.78, 5) is 26.4. The van der Waals surface area contributed by atoms with E-state index in [9.17, 15) is 18.3 Å². The van der Waals surface area contributed by atoms with Crippen LogP contribution in [0.25, 0.3) is 22.6 Å². The second kappa shape index (κ2) is 9.12. The van der Waals surface area contributed by atoms with Gasteiger partial charge in [0.25, 0.3) is 0 Å². The summed E-state index contributed by atoms with van der Waals surface area (Å²) in [5.74, 6) is 1.43. The molecule has 1 amide bonds. The van der Waals surface area contributed by atoms with E-state index in [1.807, 2.05) is 24.3 Å². The first-order chi connectivity index (χ1) is 16.8. The van der Waals surface area contributed by atoms with Crippen LogP contribution in [0.4, 0.5) is 0 Å². The lowest BCUT2D eigenvalue weighted by molar-refractivity contribution is -0.128. The van der Waals surface area contributed by atoms with Crippen molar-refractivity contribution >= 4 is 26.8 Å². The summed E-state index contributed by atoms with van der Waals surface area (Å²) in [7, 11) is -3.32. The first-order valence-electron chi connectivity index (χ1n) is 11.2. The molecule has 0 saturated carbocycles. The van der Waals surface area contributed by atoms with E-state index >= 15 is 0 Å². The van der Waals surface area contributed by atoms with E-state index in [1.54, 1.807) is 36.2 Å². The largest absolute Gasteiger partial charge is 0.457 e. The minimum Gasteiger partial charge on any atom is -0.457 e. The van der Waals surface area contributed by atoms with Crippen molar-refractivity contribution in [2.24, 2.45) is 0 Å². The molecule has 1 aliphatic rings. The molecule has 2 N–H and O–H groups in total. The van der Waals surface area contributed by atoms with Gasteiger partial charge < -0.3 is 19.7 Å². The summed E-state index contributed by atoms with van der Waals surface area (Å²) in [6.45, 7) is 2.10. The molecule has 0 radical (unpaired) electrons. The van der Waals surface area contributed by atoms with Crippen molar-refractivity contribution in [3.05, 3.63) is 66.4 Å². The highest BCUT2D eigenvalue weighted by atomic mass is 32.2. The quantitative estimate of drug-likeness (QED) is 0.405. The van der Waals surface area contributed by atoms with Crippen LogP contribution in [0.1, 0.15) is 18.9 Å². The topological polar surface area (TPSA) is 125 Å². The average molecular weight is 493 g/mol. The summed E-state index contributed by atoms with van der Waals surface area (Å²) in [5, 5.41) is 9.90. The van der Waals surface area contributed by atoms with Gasteiger partial charge in [-0.05, 0) is 42.5 Å². The number of imidazole rings is 1. The van der Waals surface area contributed by atoms with Gasteiger partial charge in [0.2, 0.25) is 5.91 Å². The van der Waals surface area contributed by atoms with Crippen LogP contribution in [0.5, 0.6) is 11.5 Å². The molecule has 1 aliphatic heterocycles. The predicted octanol–water partition coefficient (Wildman–Crippen LogP) is 3.30. The highest BCUT2D eigenvalue weighted by molar-refractivity contribution is 7.91. The Morgan fingerprint density at radius 3 is 2.63 bits per heavy atom. The van der Waals surface area contributed by atoms with E-state index in [0.717, 1.165) is 11.1 Å². The van der Waals surface area contributed by atoms with Crippen LogP contribution in [-0.4, -0.2) is 57.7 Å². The number of fused-ring (bicyclic) bond motifs is 1. The minimum absolute atomic E-state index is 0.0154. The van der Waals surface area contributed by atoms with E-state index in [1.165, 1.54) is 12.1 Å². The van der Waals surface area contributed by atoms with Crippen LogP contribution in [0.2, 0.25) is 0 Å². The van der Waals surface area contributed by atoms with Gasteiger partial charge in [0.05, 0.1) is 34.2 Å². The molecule has 2 aromatic heterocycles. The second-order valence-corrected chi connectivity index (χ2v) is 10.7. The Hall–Kier alpha value is -3.76. The van der Waals surface area contributed by atoms with Crippen LogP contribution in [0.15, 0.2) is 65.7 Å². The third-order valence-corrected chi connectivity index (χ3v) is 7.67. The SMILES string of the molecule is CCS(=O)(=O)c1ccc(Oc2cc3nc(-c4ccccn4)[nH]c3cc2CN2C[C@@H](O)CC2=O)cc1. The fraction of sp³-hybridized carbons (Fsp3) is 0.240. The number of rotatable bonds is 7. The predicted molar refractivity (Wildman–Crippen MR) is 130 cm³/mol. The highest BCUT2D eigenvalue weighted by Crippen LogP contribution is 2.33. The van der Waals surface area contributed by atoms with E-state index in [4.69, 9.17) is 4.74 Å². The highest BCUT2D eigenvalue weighted by Gasteiger charge is 2.29. The lowest BCUT2D eigenvalue weighted by Gasteiger charge is -2.18. The summed E-state index contributed by atoms with van der Waals surface area (Å²) >= 11 is 0. The number of nitrogens with zero attached hydrogens (tertiary/aromatic N) is 3. The van der Waals surface area contributed by atoms with E-state index in [-0.39, 0.29) is 36.1 Å². The first kappa shape index (κ1) is 23.0. The van der Waals surface area contributed by atoms with Gasteiger partial charge >= 0.3 is 0 Å². The van der Waals surface area contributed by atoms with Crippen molar-refractivity contribution in [1.82, 2.24) is 19.9 Å². The molecule has 180 valence electrons. The summed E-state index contributed by atoms with van der Waals surface area (Å²) in [6.07, 6.45) is 1.10. The molecule has 10 heteroatoms. The van der Waals surface area contributed by atoms with Crippen molar-refractivity contribution < 1.29 is 23.1 Å². The average Bonchev–Trinajstić information content (AvgIpc) is 3.41. The zero-order valence-corrected chi connectivity index (χ0v) is 19.8. The third kappa shape index (κ3) is 4.75. The van der Waals surface area contributed by atoms with Crippen LogP contribution in [-0.2, 0) is 21.2 Å². The summed E-state index contributed by atoms with van der Waals surface area (Å²) in [5.41, 5.74) is 2.83. The summed E-state index contributed by atoms with van der Waals surface area (Å²) in [6, 6.07) is 15.4. The molecular weight excluding hydrogens is 468 g/mol. The van der Waals surface area contributed by atoms with Crippen molar-refractivity contribution in [2.75, 3.05) is 12.3 Å². The minimum atomic E-state index is -3.32. The molecule has 4 aromatic rings.